The highest BCUT2D eigenvalue weighted by Gasteiger charge is 2.32. The third-order valence-corrected chi connectivity index (χ3v) is 2.86. The smallest absolute Gasteiger partial charge is 0.406 e. The molecular formula is C16H10F6O2. The van der Waals surface area contributed by atoms with Gasteiger partial charge in [-0.2, -0.15) is 0 Å². The SMILES string of the molecule is C=Cc1ccc(-c2cccc(OC(F)(F)F)c2)cc1OC(F)(F)F. The number of alkyl halides is 6. The predicted molar refractivity (Wildman–Crippen MR) is 75.3 cm³/mol. The third kappa shape index (κ3) is 4.94. The summed E-state index contributed by atoms with van der Waals surface area (Å²) in [5, 5.41) is 0. The molecule has 24 heavy (non-hydrogen) atoms. The van der Waals surface area contributed by atoms with E-state index in [9.17, 15) is 26.3 Å². The van der Waals surface area contributed by atoms with Crippen molar-refractivity contribution >= 4 is 6.08 Å². The number of halogens is 6. The lowest BCUT2D eigenvalue weighted by molar-refractivity contribution is -0.275. The molecule has 0 fully saturated rings. The van der Waals surface area contributed by atoms with Crippen molar-refractivity contribution in [3.05, 3.63) is 54.6 Å². The molecule has 0 saturated carbocycles. The first-order chi connectivity index (χ1) is 11.1. The van der Waals surface area contributed by atoms with E-state index in [1.165, 1.54) is 30.3 Å². The van der Waals surface area contributed by atoms with Crippen LogP contribution in [0, 0.1) is 0 Å². The van der Waals surface area contributed by atoms with Gasteiger partial charge in [0, 0.05) is 5.56 Å². The Balaban J connectivity index is 2.40. The summed E-state index contributed by atoms with van der Waals surface area (Å²) in [5.41, 5.74) is 0.561. The molecule has 128 valence electrons. The Labute approximate surface area is 132 Å². The molecule has 8 heteroatoms. The molecule has 2 rings (SSSR count). The van der Waals surface area contributed by atoms with Crippen molar-refractivity contribution < 1.29 is 35.8 Å². The van der Waals surface area contributed by atoms with Crippen molar-refractivity contribution in [2.45, 2.75) is 12.7 Å². The van der Waals surface area contributed by atoms with Gasteiger partial charge in [0.2, 0.25) is 0 Å². The minimum absolute atomic E-state index is 0.0961. The van der Waals surface area contributed by atoms with Crippen LogP contribution in [0.2, 0.25) is 0 Å². The average molecular weight is 348 g/mol. The zero-order valence-electron chi connectivity index (χ0n) is 11.9. The van der Waals surface area contributed by atoms with Gasteiger partial charge in [-0.05, 0) is 29.3 Å². The third-order valence-electron chi connectivity index (χ3n) is 2.86. The van der Waals surface area contributed by atoms with Gasteiger partial charge in [0.05, 0.1) is 0 Å². The van der Waals surface area contributed by atoms with E-state index < -0.39 is 24.2 Å². The van der Waals surface area contributed by atoms with E-state index in [0.29, 0.717) is 0 Å². The molecule has 0 saturated heterocycles. The van der Waals surface area contributed by atoms with E-state index in [2.05, 4.69) is 16.1 Å². The first-order valence-corrected chi connectivity index (χ1v) is 6.46. The summed E-state index contributed by atoms with van der Waals surface area (Å²) in [6.07, 6.45) is -8.60. The van der Waals surface area contributed by atoms with E-state index in [1.54, 1.807) is 0 Å². The fourth-order valence-corrected chi connectivity index (χ4v) is 1.97. The van der Waals surface area contributed by atoms with Crippen molar-refractivity contribution in [2.75, 3.05) is 0 Å². The lowest BCUT2D eigenvalue weighted by atomic mass is 10.0. The molecule has 0 atom stereocenters. The second-order valence-corrected chi connectivity index (χ2v) is 4.58. The van der Waals surface area contributed by atoms with Crippen molar-refractivity contribution in [3.63, 3.8) is 0 Å². The standard InChI is InChI=1S/C16H10F6O2/c1-2-10-6-7-12(9-14(10)24-16(20,21)22)11-4-3-5-13(8-11)23-15(17,18)19/h2-9H,1H2. The monoisotopic (exact) mass is 348 g/mol. The molecule has 2 aromatic rings. The number of benzene rings is 2. The van der Waals surface area contributed by atoms with Crippen LogP contribution in [0.15, 0.2) is 49.0 Å². The van der Waals surface area contributed by atoms with Crippen LogP contribution in [0.5, 0.6) is 11.5 Å². The van der Waals surface area contributed by atoms with Gasteiger partial charge in [-0.3, -0.25) is 0 Å². The summed E-state index contributed by atoms with van der Waals surface area (Å²) in [4.78, 5) is 0. The molecule has 0 heterocycles. The van der Waals surface area contributed by atoms with Crippen LogP contribution in [-0.2, 0) is 0 Å². The van der Waals surface area contributed by atoms with Crippen molar-refractivity contribution in [2.24, 2.45) is 0 Å². The molecular weight excluding hydrogens is 338 g/mol. The maximum Gasteiger partial charge on any atom is 0.573 e. The van der Waals surface area contributed by atoms with Gasteiger partial charge in [0.15, 0.2) is 0 Å². The van der Waals surface area contributed by atoms with Gasteiger partial charge in [-0.25, -0.2) is 0 Å². The molecule has 0 unspecified atom stereocenters. The molecule has 0 aliphatic carbocycles. The highest BCUT2D eigenvalue weighted by atomic mass is 19.4. The Morgan fingerprint density at radius 3 is 2.00 bits per heavy atom. The maximum atomic E-state index is 12.4. The second kappa shape index (κ2) is 6.46. The van der Waals surface area contributed by atoms with E-state index in [1.807, 2.05) is 0 Å². The molecule has 0 bridgehead atoms. The van der Waals surface area contributed by atoms with Crippen molar-refractivity contribution in [1.29, 1.82) is 0 Å². The lowest BCUT2D eigenvalue weighted by Gasteiger charge is -2.14. The predicted octanol–water partition coefficient (Wildman–Crippen LogP) is 5.79. The second-order valence-electron chi connectivity index (χ2n) is 4.58. The fourth-order valence-electron chi connectivity index (χ4n) is 1.97. The molecule has 0 radical (unpaired) electrons. The lowest BCUT2D eigenvalue weighted by Crippen LogP contribution is -2.17. The summed E-state index contributed by atoms with van der Waals surface area (Å²) in [7, 11) is 0. The van der Waals surface area contributed by atoms with Crippen LogP contribution in [0.4, 0.5) is 26.3 Å². The van der Waals surface area contributed by atoms with E-state index >= 15 is 0 Å². The van der Waals surface area contributed by atoms with Gasteiger partial charge in [-0.15, -0.1) is 26.3 Å². The molecule has 0 aliphatic heterocycles. The van der Waals surface area contributed by atoms with E-state index in [0.717, 1.165) is 18.2 Å². The normalized spacial score (nSPS) is 11.9. The van der Waals surface area contributed by atoms with Crippen molar-refractivity contribution in [1.82, 2.24) is 0 Å². The van der Waals surface area contributed by atoms with Gasteiger partial charge < -0.3 is 9.47 Å². The summed E-state index contributed by atoms with van der Waals surface area (Å²) < 4.78 is 81.8. The van der Waals surface area contributed by atoms with Gasteiger partial charge >= 0.3 is 12.7 Å². The highest BCUT2D eigenvalue weighted by Crippen LogP contribution is 2.34. The maximum absolute atomic E-state index is 12.4. The number of rotatable bonds is 4. The molecule has 0 spiro atoms. The van der Waals surface area contributed by atoms with Gasteiger partial charge in [0.1, 0.15) is 11.5 Å². The van der Waals surface area contributed by atoms with Crippen LogP contribution in [0.25, 0.3) is 17.2 Å². The summed E-state index contributed by atoms with van der Waals surface area (Å²) in [6.45, 7) is 3.39. The van der Waals surface area contributed by atoms with E-state index in [-0.39, 0.29) is 16.7 Å². The largest absolute Gasteiger partial charge is 0.573 e. The van der Waals surface area contributed by atoms with Crippen LogP contribution >= 0.6 is 0 Å². The number of hydrogen-bond acceptors (Lipinski definition) is 2. The zero-order valence-corrected chi connectivity index (χ0v) is 11.9. The Morgan fingerprint density at radius 2 is 1.42 bits per heavy atom. The number of ether oxygens (including phenoxy) is 2. The van der Waals surface area contributed by atoms with Gasteiger partial charge in [-0.1, -0.05) is 36.9 Å². The molecule has 2 nitrogen and oxygen atoms in total. The molecule has 0 N–H and O–H groups in total. The Hall–Kier alpha value is -2.64. The van der Waals surface area contributed by atoms with Crippen LogP contribution in [0.1, 0.15) is 5.56 Å². The summed E-state index contributed by atoms with van der Waals surface area (Å²) in [6, 6.07) is 8.70. The minimum atomic E-state index is -4.91. The Morgan fingerprint density at radius 1 is 0.792 bits per heavy atom. The van der Waals surface area contributed by atoms with Crippen LogP contribution < -0.4 is 9.47 Å². The van der Waals surface area contributed by atoms with E-state index in [4.69, 9.17) is 0 Å². The molecule has 2 aromatic carbocycles. The summed E-state index contributed by atoms with van der Waals surface area (Å²) in [5.74, 6) is -0.983. The quantitative estimate of drug-likeness (QED) is 0.651. The highest BCUT2D eigenvalue weighted by molar-refractivity contribution is 5.70. The minimum Gasteiger partial charge on any atom is -0.406 e. The number of hydrogen-bond donors (Lipinski definition) is 0. The topological polar surface area (TPSA) is 18.5 Å². The van der Waals surface area contributed by atoms with Crippen LogP contribution in [0.3, 0.4) is 0 Å². The molecule has 0 amide bonds. The first kappa shape index (κ1) is 17.7. The Kier molecular flexibility index (Phi) is 4.77. The fraction of sp³-hybridized carbons (Fsp3) is 0.125. The van der Waals surface area contributed by atoms with Gasteiger partial charge in [0.25, 0.3) is 0 Å². The molecule has 0 aliphatic rings. The Bertz CT molecular complexity index is 734. The van der Waals surface area contributed by atoms with Crippen molar-refractivity contribution in [3.8, 4) is 22.6 Å². The van der Waals surface area contributed by atoms with Crippen LogP contribution in [-0.4, -0.2) is 12.7 Å². The molecule has 0 aromatic heterocycles. The first-order valence-electron chi connectivity index (χ1n) is 6.46. The summed E-state index contributed by atoms with van der Waals surface area (Å²) >= 11 is 0. The average Bonchev–Trinajstić information content (AvgIpc) is 2.44. The zero-order chi connectivity index (χ0) is 18.0.